The molecule has 34 heavy (non-hydrogen) atoms. The van der Waals surface area contributed by atoms with Gasteiger partial charge in [-0.15, -0.1) is 0 Å². The quantitative estimate of drug-likeness (QED) is 0.469. The van der Waals surface area contributed by atoms with Crippen LogP contribution in [0.2, 0.25) is 5.02 Å². The zero-order chi connectivity index (χ0) is 24.8. The Morgan fingerprint density at radius 1 is 1.12 bits per heavy atom. The zero-order valence-electron chi connectivity index (χ0n) is 18.7. The van der Waals surface area contributed by atoms with Gasteiger partial charge in [0, 0.05) is 36.3 Å². The van der Waals surface area contributed by atoms with E-state index in [9.17, 15) is 9.18 Å². The van der Waals surface area contributed by atoms with Crippen LogP contribution in [0.5, 0.6) is 11.5 Å². The van der Waals surface area contributed by atoms with Crippen LogP contribution >= 0.6 is 11.6 Å². The van der Waals surface area contributed by atoms with Crippen LogP contribution < -0.4 is 20.9 Å². The second-order valence-corrected chi connectivity index (χ2v) is 7.63. The smallest absolute Gasteiger partial charge is 0.249 e. The van der Waals surface area contributed by atoms with Crippen LogP contribution in [0.4, 0.5) is 8.78 Å². The number of hydrogen-bond acceptors (Lipinski definition) is 5. The van der Waals surface area contributed by atoms with E-state index in [1.54, 1.807) is 0 Å². The van der Waals surface area contributed by atoms with E-state index < -0.39 is 23.6 Å². The molecule has 0 aliphatic carbocycles. The summed E-state index contributed by atoms with van der Waals surface area (Å²) in [4.78, 5) is 12.1. The van der Waals surface area contributed by atoms with Crippen LogP contribution in [0.25, 0.3) is 11.1 Å². The third-order valence-corrected chi connectivity index (χ3v) is 5.65. The predicted octanol–water partition coefficient (Wildman–Crippen LogP) is 4.66. The first-order valence-electron chi connectivity index (χ1n) is 10.5. The van der Waals surface area contributed by atoms with Crippen molar-refractivity contribution in [1.82, 2.24) is 0 Å². The van der Waals surface area contributed by atoms with E-state index in [0.29, 0.717) is 12.0 Å². The van der Waals surface area contributed by atoms with Gasteiger partial charge in [-0.25, -0.2) is 8.78 Å². The summed E-state index contributed by atoms with van der Waals surface area (Å²) in [7, 11) is 2.99. The van der Waals surface area contributed by atoms with Crippen molar-refractivity contribution >= 4 is 17.5 Å². The summed E-state index contributed by atoms with van der Waals surface area (Å²) in [6.07, 6.45) is -0.106. The molecule has 1 unspecified atom stereocenters. The second-order valence-electron chi connectivity index (χ2n) is 7.25. The van der Waals surface area contributed by atoms with Crippen molar-refractivity contribution in [3.05, 3.63) is 81.9 Å². The van der Waals surface area contributed by atoms with Crippen molar-refractivity contribution in [3.8, 4) is 22.6 Å². The Morgan fingerprint density at radius 2 is 1.82 bits per heavy atom. The van der Waals surface area contributed by atoms with Crippen LogP contribution in [-0.4, -0.2) is 33.3 Å². The monoisotopic (exact) mass is 490 g/mol. The summed E-state index contributed by atoms with van der Waals surface area (Å²) in [6.45, 7) is 0.312. The van der Waals surface area contributed by atoms with Crippen molar-refractivity contribution < 1.29 is 27.8 Å². The van der Waals surface area contributed by atoms with Gasteiger partial charge in [-0.2, -0.15) is 0 Å². The fourth-order valence-corrected chi connectivity index (χ4v) is 4.06. The summed E-state index contributed by atoms with van der Waals surface area (Å²) in [5.74, 6) is -2.44. The number of halogens is 3. The summed E-state index contributed by atoms with van der Waals surface area (Å²) in [5.41, 5.74) is 11.0. The molecule has 0 fully saturated rings. The lowest BCUT2D eigenvalue weighted by molar-refractivity contribution is 0.1000. The van der Waals surface area contributed by atoms with Crippen LogP contribution in [0, 0.1) is 11.6 Å². The highest BCUT2D eigenvalue weighted by atomic mass is 35.5. The van der Waals surface area contributed by atoms with E-state index in [2.05, 4.69) is 5.73 Å². The molecule has 0 spiro atoms. The molecular formula is C25H25ClF2N2O4. The number of ether oxygens (including phenoxy) is 3. The maximum atomic E-state index is 15.6. The van der Waals surface area contributed by atoms with Gasteiger partial charge in [0.1, 0.15) is 24.3 Å². The summed E-state index contributed by atoms with van der Waals surface area (Å²) >= 11 is 6.32. The topological polar surface area (TPSA) is 96.8 Å². The van der Waals surface area contributed by atoms with E-state index in [-0.39, 0.29) is 46.4 Å². The van der Waals surface area contributed by atoms with Crippen molar-refractivity contribution in [2.45, 2.75) is 12.5 Å². The Bertz CT molecular complexity index is 1180. The van der Waals surface area contributed by atoms with Crippen molar-refractivity contribution in [2.24, 2.45) is 11.5 Å². The number of amides is 1. The molecule has 3 aromatic rings. The van der Waals surface area contributed by atoms with E-state index in [4.69, 9.17) is 31.5 Å². The number of fused-ring (bicyclic) bond motifs is 1. The minimum atomic E-state index is -0.880. The minimum absolute atomic E-state index is 0.0311. The number of rotatable bonds is 7. The van der Waals surface area contributed by atoms with E-state index in [0.717, 1.165) is 5.56 Å². The molecule has 1 aliphatic heterocycles. The fraction of sp³-hybridized carbons (Fsp3) is 0.240. The Labute approximate surface area is 201 Å². The number of primary amides is 1. The predicted molar refractivity (Wildman–Crippen MR) is 126 cm³/mol. The van der Waals surface area contributed by atoms with Crippen LogP contribution in [0.15, 0.2) is 48.5 Å². The highest BCUT2D eigenvalue weighted by Crippen LogP contribution is 2.48. The molecule has 4 rings (SSSR count). The Morgan fingerprint density at radius 3 is 2.47 bits per heavy atom. The van der Waals surface area contributed by atoms with Crippen LogP contribution in [0.1, 0.15) is 27.6 Å². The molecule has 9 heteroatoms. The lowest BCUT2D eigenvalue weighted by atomic mass is 9.91. The average molecular weight is 491 g/mol. The van der Waals surface area contributed by atoms with Crippen LogP contribution in [-0.2, 0) is 11.2 Å². The van der Waals surface area contributed by atoms with Gasteiger partial charge in [0.05, 0.1) is 17.2 Å². The molecule has 0 aromatic heterocycles. The third-order valence-electron chi connectivity index (χ3n) is 5.28. The molecule has 1 amide bonds. The van der Waals surface area contributed by atoms with Gasteiger partial charge in [0.25, 0.3) is 0 Å². The van der Waals surface area contributed by atoms with Crippen molar-refractivity contribution in [1.29, 1.82) is 0 Å². The van der Waals surface area contributed by atoms with E-state index in [1.165, 1.54) is 32.4 Å². The second kappa shape index (κ2) is 11.3. The first kappa shape index (κ1) is 25.4. The van der Waals surface area contributed by atoms with Gasteiger partial charge in [-0.05, 0) is 24.7 Å². The Balaban J connectivity index is 0.00000158. The van der Waals surface area contributed by atoms with Gasteiger partial charge >= 0.3 is 0 Å². The molecule has 3 aromatic carbocycles. The summed E-state index contributed by atoms with van der Waals surface area (Å²) in [5, 5.41) is -0.323. The lowest BCUT2D eigenvalue weighted by Crippen LogP contribution is -2.15. The molecule has 4 N–H and O–H groups in total. The fourth-order valence-electron chi connectivity index (χ4n) is 3.80. The van der Waals surface area contributed by atoms with Gasteiger partial charge in [0.2, 0.25) is 5.91 Å². The molecule has 1 heterocycles. The Kier molecular flexibility index (Phi) is 8.44. The summed E-state index contributed by atoms with van der Waals surface area (Å²) < 4.78 is 46.7. The molecule has 1 atom stereocenters. The minimum Gasteiger partial charge on any atom is -0.488 e. The van der Waals surface area contributed by atoms with Crippen molar-refractivity contribution in [3.63, 3.8) is 0 Å². The van der Waals surface area contributed by atoms with Crippen molar-refractivity contribution in [2.75, 3.05) is 27.4 Å². The molecule has 6 nitrogen and oxygen atoms in total. The lowest BCUT2D eigenvalue weighted by Gasteiger charge is -2.17. The number of carbonyl (C=O) groups is 1. The zero-order valence-corrected chi connectivity index (χ0v) is 19.5. The SMILES string of the molecule is CN.COCCOc1ccc(C(N)=O)c(-c2c(Cl)c(F)cc3c2CC(c2ccccc2)O3)c1F. The number of hydrogen-bond donors (Lipinski definition) is 2. The van der Waals surface area contributed by atoms with E-state index in [1.807, 2.05) is 30.3 Å². The maximum absolute atomic E-state index is 15.6. The van der Waals surface area contributed by atoms with Gasteiger partial charge in [-0.1, -0.05) is 41.9 Å². The highest BCUT2D eigenvalue weighted by molar-refractivity contribution is 6.34. The van der Waals surface area contributed by atoms with Gasteiger partial charge in [0.15, 0.2) is 11.6 Å². The number of carbonyl (C=O) groups excluding carboxylic acids is 1. The van der Waals surface area contributed by atoms with E-state index >= 15 is 4.39 Å². The molecule has 0 saturated heterocycles. The molecule has 180 valence electrons. The molecule has 0 saturated carbocycles. The van der Waals surface area contributed by atoms with Gasteiger partial charge < -0.3 is 25.7 Å². The highest BCUT2D eigenvalue weighted by Gasteiger charge is 2.33. The number of nitrogens with two attached hydrogens (primary N) is 2. The number of benzene rings is 3. The molecular weight excluding hydrogens is 466 g/mol. The first-order chi connectivity index (χ1) is 16.4. The normalized spacial score (nSPS) is 14.0. The molecule has 0 radical (unpaired) electrons. The standard InChI is InChI=1S/C24H20ClF2NO4.CH5N/c1-30-9-10-31-17-8-7-14(24(28)29)21(23(17)27)20-15-11-18(13-5-3-2-4-6-13)32-19(15)12-16(26)22(20)25;1-2/h2-8,12,18H,9-11H2,1H3,(H2,28,29);2H2,1H3. The maximum Gasteiger partial charge on any atom is 0.249 e. The largest absolute Gasteiger partial charge is 0.488 e. The number of methoxy groups -OCH3 is 1. The Hall–Kier alpha value is -3.20. The van der Waals surface area contributed by atoms with Crippen LogP contribution in [0.3, 0.4) is 0 Å². The average Bonchev–Trinajstić information content (AvgIpc) is 3.26. The first-order valence-corrected chi connectivity index (χ1v) is 10.8. The molecule has 0 bridgehead atoms. The summed E-state index contributed by atoms with van der Waals surface area (Å²) in [6, 6.07) is 13.2. The molecule has 1 aliphatic rings. The third kappa shape index (κ3) is 4.99. The van der Waals surface area contributed by atoms with Gasteiger partial charge in [-0.3, -0.25) is 4.79 Å².